The molecule has 0 aliphatic heterocycles. The first kappa shape index (κ1) is 11.9. The first-order valence-electron chi connectivity index (χ1n) is 4.12. The lowest BCUT2D eigenvalue weighted by Gasteiger charge is -2.20. The Kier molecular flexibility index (Phi) is 5.50. The molecule has 0 radical (unpaired) electrons. The molecule has 3 nitrogen and oxygen atoms in total. The van der Waals surface area contributed by atoms with Crippen LogP contribution in [0.25, 0.3) is 0 Å². The van der Waals surface area contributed by atoms with Crippen molar-refractivity contribution in [2.75, 3.05) is 0 Å². The molecule has 2 N–H and O–H groups in total. The van der Waals surface area contributed by atoms with E-state index in [1.54, 1.807) is 0 Å². The number of carboxylic acid groups (broad SMARTS) is 1. The third-order valence-corrected chi connectivity index (χ3v) is 2.56. The average Bonchev–Trinajstić information content (AvgIpc) is 1.98. The lowest BCUT2D eigenvalue weighted by Crippen LogP contribution is -2.44. The predicted molar refractivity (Wildman–Crippen MR) is 52.4 cm³/mol. The first-order chi connectivity index (χ1) is 5.49. The molecule has 0 aromatic rings. The Bertz CT molecular complexity index is 150. The highest BCUT2D eigenvalue weighted by molar-refractivity contribution is 9.09. The molecule has 0 aromatic carbocycles. The van der Waals surface area contributed by atoms with E-state index in [9.17, 15) is 4.79 Å². The van der Waals surface area contributed by atoms with Gasteiger partial charge < -0.3 is 5.11 Å². The molecular formula is C8H16BrNO2. The van der Waals surface area contributed by atoms with Crippen LogP contribution >= 0.6 is 15.9 Å². The zero-order valence-electron chi connectivity index (χ0n) is 7.67. The lowest BCUT2D eigenvalue weighted by molar-refractivity contribution is -0.140. The lowest BCUT2D eigenvalue weighted by atomic mass is 10.1. The standard InChI is InChI=1S/C8H16BrNO2/c1-4-6(9)10-7(5(2)3)8(11)12/h5-7,10H,4H2,1-3H3,(H,11,12). The van der Waals surface area contributed by atoms with Gasteiger partial charge in [0.05, 0.1) is 4.95 Å². The van der Waals surface area contributed by atoms with Gasteiger partial charge in [-0.15, -0.1) is 0 Å². The summed E-state index contributed by atoms with van der Waals surface area (Å²) < 4.78 is 0. The third kappa shape index (κ3) is 4.07. The molecular weight excluding hydrogens is 222 g/mol. The molecule has 4 heteroatoms. The number of nitrogens with one attached hydrogen (secondary N) is 1. The van der Waals surface area contributed by atoms with E-state index in [-0.39, 0.29) is 10.9 Å². The van der Waals surface area contributed by atoms with Gasteiger partial charge in [0.15, 0.2) is 0 Å². The van der Waals surface area contributed by atoms with Crippen LogP contribution in [0.5, 0.6) is 0 Å². The Morgan fingerprint density at radius 3 is 2.33 bits per heavy atom. The number of carbonyl (C=O) groups is 1. The summed E-state index contributed by atoms with van der Waals surface area (Å²) in [7, 11) is 0. The monoisotopic (exact) mass is 237 g/mol. The summed E-state index contributed by atoms with van der Waals surface area (Å²) in [6, 6.07) is -0.464. The largest absolute Gasteiger partial charge is 0.480 e. The number of hydrogen-bond acceptors (Lipinski definition) is 2. The Morgan fingerprint density at radius 1 is 1.58 bits per heavy atom. The maximum atomic E-state index is 10.7. The molecule has 0 aliphatic rings. The Balaban J connectivity index is 4.05. The Morgan fingerprint density at radius 2 is 2.08 bits per heavy atom. The fourth-order valence-corrected chi connectivity index (χ4v) is 1.15. The van der Waals surface area contributed by atoms with Crippen molar-refractivity contribution < 1.29 is 9.90 Å². The minimum Gasteiger partial charge on any atom is -0.480 e. The smallest absolute Gasteiger partial charge is 0.320 e. The Labute approximate surface area is 81.7 Å². The summed E-state index contributed by atoms with van der Waals surface area (Å²) in [5, 5.41) is 11.8. The van der Waals surface area contributed by atoms with Gasteiger partial charge in [-0.3, -0.25) is 10.1 Å². The maximum Gasteiger partial charge on any atom is 0.320 e. The zero-order valence-corrected chi connectivity index (χ0v) is 9.26. The van der Waals surface area contributed by atoms with Gasteiger partial charge in [0.2, 0.25) is 0 Å². The van der Waals surface area contributed by atoms with Gasteiger partial charge in [-0.05, 0) is 12.3 Å². The molecule has 0 spiro atoms. The van der Waals surface area contributed by atoms with Crippen LogP contribution < -0.4 is 5.32 Å². The highest BCUT2D eigenvalue weighted by atomic mass is 79.9. The summed E-state index contributed by atoms with van der Waals surface area (Å²) in [5.74, 6) is -0.683. The summed E-state index contributed by atoms with van der Waals surface area (Å²) in [6.45, 7) is 5.77. The molecule has 0 aromatic heterocycles. The van der Waals surface area contributed by atoms with Crippen molar-refractivity contribution in [1.82, 2.24) is 5.32 Å². The topological polar surface area (TPSA) is 49.3 Å². The molecule has 0 amide bonds. The summed E-state index contributed by atoms with van der Waals surface area (Å²) in [6.07, 6.45) is 0.872. The zero-order chi connectivity index (χ0) is 9.72. The van der Waals surface area contributed by atoms with Crippen LogP contribution in [0.2, 0.25) is 0 Å². The first-order valence-corrected chi connectivity index (χ1v) is 5.03. The summed E-state index contributed by atoms with van der Waals surface area (Å²) in [4.78, 5) is 10.8. The number of carboxylic acids is 1. The highest BCUT2D eigenvalue weighted by Gasteiger charge is 2.22. The van der Waals surface area contributed by atoms with Crippen LogP contribution in [-0.4, -0.2) is 22.1 Å². The molecule has 0 rings (SSSR count). The SMILES string of the molecule is CCC(Br)NC(C(=O)O)C(C)C. The minimum atomic E-state index is -0.789. The summed E-state index contributed by atoms with van der Waals surface area (Å²) in [5.41, 5.74) is 0. The van der Waals surface area contributed by atoms with Crippen molar-refractivity contribution in [2.24, 2.45) is 5.92 Å². The maximum absolute atomic E-state index is 10.7. The fourth-order valence-electron chi connectivity index (χ4n) is 0.862. The number of halogens is 1. The molecule has 0 bridgehead atoms. The molecule has 0 fully saturated rings. The number of rotatable bonds is 5. The van der Waals surface area contributed by atoms with Crippen molar-refractivity contribution in [1.29, 1.82) is 0 Å². The van der Waals surface area contributed by atoms with Gasteiger partial charge in [0.1, 0.15) is 6.04 Å². The van der Waals surface area contributed by atoms with Crippen LogP contribution in [0.15, 0.2) is 0 Å². The average molecular weight is 238 g/mol. The van der Waals surface area contributed by atoms with Gasteiger partial charge in [-0.25, -0.2) is 0 Å². The van der Waals surface area contributed by atoms with E-state index in [0.717, 1.165) is 6.42 Å². The van der Waals surface area contributed by atoms with Gasteiger partial charge in [-0.1, -0.05) is 36.7 Å². The van der Waals surface area contributed by atoms with E-state index in [4.69, 9.17) is 5.11 Å². The van der Waals surface area contributed by atoms with Crippen LogP contribution in [0.1, 0.15) is 27.2 Å². The second kappa shape index (κ2) is 5.54. The van der Waals surface area contributed by atoms with Crippen LogP contribution in [0.3, 0.4) is 0 Å². The second-order valence-corrected chi connectivity index (χ2v) is 4.21. The van der Waals surface area contributed by atoms with E-state index in [1.165, 1.54) is 0 Å². The summed E-state index contributed by atoms with van der Waals surface area (Å²) >= 11 is 3.34. The van der Waals surface area contributed by atoms with E-state index in [2.05, 4.69) is 21.2 Å². The van der Waals surface area contributed by atoms with Crippen molar-refractivity contribution in [3.63, 3.8) is 0 Å². The van der Waals surface area contributed by atoms with Gasteiger partial charge in [0, 0.05) is 0 Å². The molecule has 0 heterocycles. The molecule has 0 saturated carbocycles. The normalized spacial score (nSPS) is 16.1. The van der Waals surface area contributed by atoms with Crippen LogP contribution in [-0.2, 0) is 4.79 Å². The van der Waals surface area contributed by atoms with E-state index < -0.39 is 12.0 Å². The number of aliphatic carboxylic acids is 1. The van der Waals surface area contributed by atoms with E-state index >= 15 is 0 Å². The van der Waals surface area contributed by atoms with E-state index in [1.807, 2.05) is 20.8 Å². The molecule has 2 atom stereocenters. The predicted octanol–water partition coefficient (Wildman–Crippen LogP) is 1.82. The third-order valence-electron chi connectivity index (χ3n) is 1.65. The number of hydrogen-bond donors (Lipinski definition) is 2. The minimum absolute atomic E-state index is 0.0843. The molecule has 2 unspecified atom stereocenters. The molecule has 72 valence electrons. The second-order valence-electron chi connectivity index (χ2n) is 3.10. The van der Waals surface area contributed by atoms with E-state index in [0.29, 0.717) is 0 Å². The fraction of sp³-hybridized carbons (Fsp3) is 0.875. The highest BCUT2D eigenvalue weighted by Crippen LogP contribution is 2.07. The van der Waals surface area contributed by atoms with Gasteiger partial charge >= 0.3 is 5.97 Å². The van der Waals surface area contributed by atoms with Gasteiger partial charge in [-0.2, -0.15) is 0 Å². The van der Waals surface area contributed by atoms with Crippen molar-refractivity contribution >= 4 is 21.9 Å². The number of alkyl halides is 1. The quantitative estimate of drug-likeness (QED) is 0.567. The molecule has 0 aliphatic carbocycles. The van der Waals surface area contributed by atoms with Crippen molar-refractivity contribution in [3.05, 3.63) is 0 Å². The van der Waals surface area contributed by atoms with Crippen LogP contribution in [0.4, 0.5) is 0 Å². The van der Waals surface area contributed by atoms with Crippen LogP contribution in [0, 0.1) is 5.92 Å². The Hall–Kier alpha value is -0.0900. The van der Waals surface area contributed by atoms with Crippen molar-refractivity contribution in [2.45, 2.75) is 38.2 Å². The van der Waals surface area contributed by atoms with Gasteiger partial charge in [0.25, 0.3) is 0 Å². The van der Waals surface area contributed by atoms with Crippen molar-refractivity contribution in [3.8, 4) is 0 Å². The molecule has 0 saturated heterocycles. The molecule has 12 heavy (non-hydrogen) atoms.